The van der Waals surface area contributed by atoms with E-state index in [4.69, 9.17) is 16.3 Å². The quantitative estimate of drug-likeness (QED) is 0.847. The third-order valence-corrected chi connectivity index (χ3v) is 4.20. The van der Waals surface area contributed by atoms with Crippen molar-refractivity contribution < 1.29 is 9.84 Å². The second-order valence-electron chi connectivity index (χ2n) is 5.62. The fourth-order valence-electron chi connectivity index (χ4n) is 2.63. The molecule has 2 heterocycles. The van der Waals surface area contributed by atoms with Gasteiger partial charge in [0, 0.05) is 37.1 Å². The first-order valence-corrected chi connectivity index (χ1v) is 7.81. The number of halogens is 1. The molecule has 0 spiro atoms. The Hall–Kier alpha value is -1.40. The minimum Gasteiger partial charge on any atom is -0.389 e. The predicted molar refractivity (Wildman–Crippen MR) is 84.8 cm³/mol. The Morgan fingerprint density at radius 2 is 2.14 bits per heavy atom. The molecule has 118 valence electrons. The van der Waals surface area contributed by atoms with Crippen LogP contribution in [-0.2, 0) is 11.3 Å². The van der Waals surface area contributed by atoms with Gasteiger partial charge in [-0.1, -0.05) is 29.8 Å². The largest absolute Gasteiger partial charge is 0.389 e. The van der Waals surface area contributed by atoms with Crippen LogP contribution in [0.5, 0.6) is 0 Å². The van der Waals surface area contributed by atoms with Crippen molar-refractivity contribution in [2.24, 2.45) is 0 Å². The molecular weight excluding hydrogens is 302 g/mol. The lowest BCUT2D eigenvalue weighted by Gasteiger charge is -2.40. The third-order valence-electron chi connectivity index (χ3n) is 3.83. The van der Waals surface area contributed by atoms with Crippen molar-refractivity contribution in [3.8, 4) is 0 Å². The molecule has 0 radical (unpaired) electrons. The van der Waals surface area contributed by atoms with Crippen LogP contribution in [0.3, 0.4) is 0 Å². The van der Waals surface area contributed by atoms with Crippen molar-refractivity contribution >= 4 is 11.6 Å². The van der Waals surface area contributed by atoms with E-state index in [0.717, 1.165) is 18.7 Å². The fourth-order valence-corrected chi connectivity index (χ4v) is 2.82. The molecule has 1 aliphatic heterocycles. The first kappa shape index (κ1) is 15.5. The Labute approximate surface area is 135 Å². The molecule has 0 aliphatic carbocycles. The van der Waals surface area contributed by atoms with E-state index in [1.807, 2.05) is 41.2 Å². The number of hydrogen-bond donors (Lipinski definition) is 1. The van der Waals surface area contributed by atoms with Crippen molar-refractivity contribution in [1.82, 2.24) is 14.7 Å². The van der Waals surface area contributed by atoms with Crippen LogP contribution in [0.15, 0.2) is 42.7 Å². The van der Waals surface area contributed by atoms with E-state index in [1.165, 1.54) is 0 Å². The number of aromatic nitrogens is 2. The number of β-amino-alcohol motifs (C(OH)–C–C–N with tert-alkyl or cyclic N) is 1. The Morgan fingerprint density at radius 3 is 2.86 bits per heavy atom. The standard InChI is InChI=1S/C16H20ClN3O2/c17-16-5-2-1-4-13(16)11-22-12-15(21)10-19-8-14(9-19)20-7-3-6-18-20/h1-7,14-15,21H,8-12H2/t15-/m1/s1. The zero-order valence-corrected chi connectivity index (χ0v) is 13.1. The van der Waals surface area contributed by atoms with Gasteiger partial charge >= 0.3 is 0 Å². The maximum Gasteiger partial charge on any atom is 0.0900 e. The van der Waals surface area contributed by atoms with Crippen LogP contribution < -0.4 is 0 Å². The molecule has 6 heteroatoms. The average molecular weight is 322 g/mol. The van der Waals surface area contributed by atoms with Gasteiger partial charge in [0.15, 0.2) is 0 Å². The fraction of sp³-hybridized carbons (Fsp3) is 0.438. The molecule has 2 aromatic rings. The highest BCUT2D eigenvalue weighted by atomic mass is 35.5. The number of likely N-dealkylation sites (tertiary alicyclic amines) is 1. The monoisotopic (exact) mass is 321 g/mol. The molecule has 1 aromatic heterocycles. The summed E-state index contributed by atoms with van der Waals surface area (Å²) in [5.74, 6) is 0. The molecule has 3 rings (SSSR count). The lowest BCUT2D eigenvalue weighted by molar-refractivity contribution is -0.0133. The molecule has 1 atom stereocenters. The highest BCUT2D eigenvalue weighted by Gasteiger charge is 2.29. The van der Waals surface area contributed by atoms with Gasteiger partial charge in [-0.3, -0.25) is 9.58 Å². The van der Waals surface area contributed by atoms with Crippen LogP contribution in [-0.4, -0.2) is 52.1 Å². The van der Waals surface area contributed by atoms with Gasteiger partial charge in [-0.05, 0) is 17.7 Å². The summed E-state index contributed by atoms with van der Waals surface area (Å²) in [5, 5.41) is 15.0. The summed E-state index contributed by atoms with van der Waals surface area (Å²) in [6.07, 6.45) is 3.28. The molecule has 0 bridgehead atoms. The minimum atomic E-state index is -0.485. The number of hydrogen-bond acceptors (Lipinski definition) is 4. The summed E-state index contributed by atoms with van der Waals surface area (Å²) >= 11 is 6.06. The average Bonchev–Trinajstić information content (AvgIpc) is 2.98. The van der Waals surface area contributed by atoms with Crippen LogP contribution in [0.1, 0.15) is 11.6 Å². The Kier molecular flexibility index (Phi) is 5.10. The molecule has 5 nitrogen and oxygen atoms in total. The van der Waals surface area contributed by atoms with E-state index < -0.39 is 6.10 Å². The minimum absolute atomic E-state index is 0.314. The number of benzene rings is 1. The first-order valence-electron chi connectivity index (χ1n) is 7.43. The highest BCUT2D eigenvalue weighted by Crippen LogP contribution is 2.20. The molecule has 0 unspecified atom stereocenters. The molecule has 0 saturated carbocycles. The molecule has 1 N–H and O–H groups in total. The first-order chi connectivity index (χ1) is 10.7. The normalized spacial score (nSPS) is 17.4. The molecule has 0 amide bonds. The van der Waals surface area contributed by atoms with Crippen LogP contribution in [0.2, 0.25) is 5.02 Å². The molecule has 1 aromatic carbocycles. The van der Waals surface area contributed by atoms with E-state index >= 15 is 0 Å². The Bertz CT molecular complexity index is 585. The van der Waals surface area contributed by atoms with Crippen LogP contribution in [0.4, 0.5) is 0 Å². The van der Waals surface area contributed by atoms with E-state index in [9.17, 15) is 5.11 Å². The summed E-state index contributed by atoms with van der Waals surface area (Å²) in [7, 11) is 0. The van der Waals surface area contributed by atoms with Gasteiger partial charge < -0.3 is 9.84 Å². The summed E-state index contributed by atoms with van der Waals surface area (Å²) in [4.78, 5) is 2.20. The maximum absolute atomic E-state index is 10.0. The van der Waals surface area contributed by atoms with Crippen LogP contribution >= 0.6 is 11.6 Å². The van der Waals surface area contributed by atoms with E-state index in [1.54, 1.807) is 6.20 Å². The number of aliphatic hydroxyl groups excluding tert-OH is 1. The number of ether oxygens (including phenoxy) is 1. The van der Waals surface area contributed by atoms with Gasteiger partial charge in [0.25, 0.3) is 0 Å². The second kappa shape index (κ2) is 7.24. The summed E-state index contributed by atoms with van der Waals surface area (Å²) in [5.41, 5.74) is 0.944. The summed E-state index contributed by atoms with van der Waals surface area (Å²) in [6, 6.07) is 9.94. The summed E-state index contributed by atoms with van der Waals surface area (Å²) < 4.78 is 7.52. The number of rotatable bonds is 7. The molecule has 22 heavy (non-hydrogen) atoms. The maximum atomic E-state index is 10.0. The van der Waals surface area contributed by atoms with Gasteiger partial charge in [-0.25, -0.2) is 0 Å². The van der Waals surface area contributed by atoms with Gasteiger partial charge in [0.05, 0.1) is 25.4 Å². The van der Waals surface area contributed by atoms with Gasteiger partial charge in [-0.2, -0.15) is 5.10 Å². The summed E-state index contributed by atoms with van der Waals surface area (Å²) in [6.45, 7) is 3.20. The molecule has 1 saturated heterocycles. The van der Waals surface area contributed by atoms with E-state index in [0.29, 0.717) is 30.8 Å². The SMILES string of the molecule is O[C@@H](COCc1ccccc1Cl)CN1CC(n2cccn2)C1. The van der Waals surface area contributed by atoms with Gasteiger partial charge in [-0.15, -0.1) is 0 Å². The second-order valence-corrected chi connectivity index (χ2v) is 6.03. The van der Waals surface area contributed by atoms with E-state index in [2.05, 4.69) is 10.00 Å². The predicted octanol–water partition coefficient (Wildman–Crippen LogP) is 1.97. The molecule has 1 aliphatic rings. The van der Waals surface area contributed by atoms with Crippen molar-refractivity contribution in [1.29, 1.82) is 0 Å². The van der Waals surface area contributed by atoms with Crippen molar-refractivity contribution in [3.05, 3.63) is 53.3 Å². The van der Waals surface area contributed by atoms with Gasteiger partial charge in [0.2, 0.25) is 0 Å². The Balaban J connectivity index is 1.34. The number of aliphatic hydroxyl groups is 1. The topological polar surface area (TPSA) is 50.5 Å². The van der Waals surface area contributed by atoms with Crippen LogP contribution in [0.25, 0.3) is 0 Å². The van der Waals surface area contributed by atoms with E-state index in [-0.39, 0.29) is 0 Å². The lowest BCUT2D eigenvalue weighted by Crippen LogP contribution is -2.51. The number of nitrogens with zero attached hydrogens (tertiary/aromatic N) is 3. The van der Waals surface area contributed by atoms with Crippen molar-refractivity contribution in [3.63, 3.8) is 0 Å². The highest BCUT2D eigenvalue weighted by molar-refractivity contribution is 6.31. The van der Waals surface area contributed by atoms with Crippen molar-refractivity contribution in [2.45, 2.75) is 18.8 Å². The zero-order valence-electron chi connectivity index (χ0n) is 12.3. The van der Waals surface area contributed by atoms with Crippen molar-refractivity contribution in [2.75, 3.05) is 26.2 Å². The Morgan fingerprint density at radius 1 is 1.32 bits per heavy atom. The van der Waals surface area contributed by atoms with Crippen LogP contribution in [0, 0.1) is 0 Å². The van der Waals surface area contributed by atoms with Gasteiger partial charge in [0.1, 0.15) is 0 Å². The molecule has 1 fully saturated rings. The third kappa shape index (κ3) is 3.87. The lowest BCUT2D eigenvalue weighted by atomic mass is 10.1. The zero-order chi connectivity index (χ0) is 15.4. The molecular formula is C16H20ClN3O2. The smallest absolute Gasteiger partial charge is 0.0900 e.